The molecule has 0 heterocycles. The van der Waals surface area contributed by atoms with Gasteiger partial charge in [0.05, 0.1) is 5.56 Å². The third kappa shape index (κ3) is 3.69. The second-order valence-corrected chi connectivity index (χ2v) is 5.99. The molecule has 116 valence electrons. The number of nitrogens with one attached hydrogen (secondary N) is 1. The van der Waals surface area contributed by atoms with E-state index < -0.39 is 11.7 Å². The van der Waals surface area contributed by atoms with Gasteiger partial charge in [-0.3, -0.25) is 0 Å². The first kappa shape index (κ1) is 15.1. The Morgan fingerprint density at radius 1 is 0.864 bits per heavy atom. The molecule has 1 aliphatic rings. The molecule has 0 amide bonds. The Hall–Kier alpha value is -1.81. The molecule has 22 heavy (non-hydrogen) atoms. The van der Waals surface area contributed by atoms with Crippen LogP contribution in [-0.2, 0) is 19.1 Å². The minimum Gasteiger partial charge on any atom is -0.307 e. The van der Waals surface area contributed by atoms with Crippen LogP contribution in [0, 0.1) is 0 Å². The van der Waals surface area contributed by atoms with E-state index in [2.05, 4.69) is 17.4 Å². The fourth-order valence-electron chi connectivity index (χ4n) is 2.65. The molecule has 0 aromatic heterocycles. The summed E-state index contributed by atoms with van der Waals surface area (Å²) in [7, 11) is 0. The highest BCUT2D eigenvalue weighted by molar-refractivity contribution is 5.27. The highest BCUT2D eigenvalue weighted by Gasteiger charge is 2.42. The van der Waals surface area contributed by atoms with Gasteiger partial charge in [0.2, 0.25) is 0 Å². The normalized spacial score (nSPS) is 16.5. The zero-order valence-corrected chi connectivity index (χ0v) is 12.2. The molecule has 0 atom stereocenters. The van der Waals surface area contributed by atoms with Crippen LogP contribution in [0.1, 0.15) is 29.5 Å². The van der Waals surface area contributed by atoms with Gasteiger partial charge in [-0.15, -0.1) is 0 Å². The lowest BCUT2D eigenvalue weighted by Crippen LogP contribution is -2.32. The topological polar surface area (TPSA) is 12.0 Å². The average Bonchev–Trinajstić information content (AvgIpc) is 3.26. The Morgan fingerprint density at radius 3 is 2.05 bits per heavy atom. The molecule has 1 saturated carbocycles. The Morgan fingerprint density at radius 2 is 1.50 bits per heavy atom. The lowest BCUT2D eigenvalue weighted by atomic mass is 10.0. The third-order valence-corrected chi connectivity index (χ3v) is 4.19. The number of alkyl halides is 3. The third-order valence-electron chi connectivity index (χ3n) is 4.19. The van der Waals surface area contributed by atoms with Crippen molar-refractivity contribution in [1.82, 2.24) is 5.32 Å². The van der Waals surface area contributed by atoms with Crippen molar-refractivity contribution in [2.75, 3.05) is 0 Å². The standard InChI is InChI=1S/C18H18F3N/c19-18(20,21)16-8-6-14(7-9-16)12-17(10-11-17)22-13-15-4-2-1-3-5-15/h1-9,22H,10-13H2. The van der Waals surface area contributed by atoms with Crippen LogP contribution in [0.3, 0.4) is 0 Å². The summed E-state index contributed by atoms with van der Waals surface area (Å²) >= 11 is 0. The number of halogens is 3. The summed E-state index contributed by atoms with van der Waals surface area (Å²) in [6.45, 7) is 0.793. The summed E-state index contributed by atoms with van der Waals surface area (Å²) in [6.07, 6.45) is -1.35. The zero-order valence-electron chi connectivity index (χ0n) is 12.2. The van der Waals surface area contributed by atoms with Crippen LogP contribution in [0.5, 0.6) is 0 Å². The molecule has 0 aliphatic heterocycles. The highest BCUT2D eigenvalue weighted by Crippen LogP contribution is 2.39. The smallest absolute Gasteiger partial charge is 0.307 e. The van der Waals surface area contributed by atoms with E-state index >= 15 is 0 Å². The Kier molecular flexibility index (Phi) is 3.96. The first-order valence-corrected chi connectivity index (χ1v) is 7.42. The predicted octanol–water partition coefficient (Wildman–Crippen LogP) is 4.57. The van der Waals surface area contributed by atoms with Crippen LogP contribution in [0.4, 0.5) is 13.2 Å². The molecule has 0 saturated heterocycles. The molecule has 0 spiro atoms. The van der Waals surface area contributed by atoms with Crippen molar-refractivity contribution in [1.29, 1.82) is 0 Å². The van der Waals surface area contributed by atoms with Gasteiger partial charge in [0, 0.05) is 12.1 Å². The van der Waals surface area contributed by atoms with E-state index in [9.17, 15) is 13.2 Å². The SMILES string of the molecule is FC(F)(F)c1ccc(CC2(NCc3ccccc3)CC2)cc1. The van der Waals surface area contributed by atoms with Crippen molar-refractivity contribution in [2.24, 2.45) is 0 Å². The van der Waals surface area contributed by atoms with Gasteiger partial charge >= 0.3 is 6.18 Å². The van der Waals surface area contributed by atoms with Crippen molar-refractivity contribution in [2.45, 2.75) is 37.5 Å². The molecule has 1 nitrogen and oxygen atoms in total. The van der Waals surface area contributed by atoms with Gasteiger partial charge in [0.15, 0.2) is 0 Å². The summed E-state index contributed by atoms with van der Waals surface area (Å²) < 4.78 is 37.7. The van der Waals surface area contributed by atoms with E-state index in [0.29, 0.717) is 0 Å². The van der Waals surface area contributed by atoms with E-state index in [1.54, 1.807) is 12.1 Å². The Labute approximate surface area is 128 Å². The number of hydrogen-bond acceptors (Lipinski definition) is 1. The minimum atomic E-state index is -4.26. The highest BCUT2D eigenvalue weighted by atomic mass is 19.4. The van der Waals surface area contributed by atoms with Gasteiger partial charge in [-0.25, -0.2) is 0 Å². The van der Waals surface area contributed by atoms with E-state index in [4.69, 9.17) is 0 Å². The van der Waals surface area contributed by atoms with E-state index in [-0.39, 0.29) is 5.54 Å². The van der Waals surface area contributed by atoms with Crippen LogP contribution in [0.15, 0.2) is 54.6 Å². The monoisotopic (exact) mass is 305 g/mol. The number of benzene rings is 2. The minimum absolute atomic E-state index is 0.0512. The van der Waals surface area contributed by atoms with Gasteiger partial charge in [-0.05, 0) is 42.5 Å². The summed E-state index contributed by atoms with van der Waals surface area (Å²) in [5.74, 6) is 0. The molecule has 0 unspecified atom stereocenters. The lowest BCUT2D eigenvalue weighted by Gasteiger charge is -2.18. The number of rotatable bonds is 5. The largest absolute Gasteiger partial charge is 0.416 e. The van der Waals surface area contributed by atoms with E-state index in [1.807, 2.05) is 18.2 Å². The molecule has 3 rings (SSSR count). The maximum atomic E-state index is 12.6. The van der Waals surface area contributed by atoms with Crippen LogP contribution >= 0.6 is 0 Å². The molecular weight excluding hydrogens is 287 g/mol. The Bertz CT molecular complexity index is 613. The van der Waals surface area contributed by atoms with Crippen LogP contribution in [0.25, 0.3) is 0 Å². The molecule has 1 aliphatic carbocycles. The van der Waals surface area contributed by atoms with Crippen molar-refractivity contribution >= 4 is 0 Å². The molecule has 1 fully saturated rings. The van der Waals surface area contributed by atoms with Crippen LogP contribution in [-0.4, -0.2) is 5.54 Å². The second-order valence-electron chi connectivity index (χ2n) is 5.99. The summed E-state index contributed by atoms with van der Waals surface area (Å²) in [5, 5.41) is 3.56. The van der Waals surface area contributed by atoms with E-state index in [0.717, 1.165) is 31.4 Å². The number of hydrogen-bond donors (Lipinski definition) is 1. The second kappa shape index (κ2) is 5.76. The van der Waals surface area contributed by atoms with Crippen molar-refractivity contribution in [3.05, 3.63) is 71.3 Å². The first-order chi connectivity index (χ1) is 10.5. The molecule has 2 aromatic rings. The van der Waals surface area contributed by atoms with Crippen molar-refractivity contribution in [3.8, 4) is 0 Å². The van der Waals surface area contributed by atoms with Gasteiger partial charge in [0.25, 0.3) is 0 Å². The summed E-state index contributed by atoms with van der Waals surface area (Å²) in [4.78, 5) is 0. The van der Waals surface area contributed by atoms with Gasteiger partial charge < -0.3 is 5.32 Å². The molecule has 4 heteroatoms. The maximum absolute atomic E-state index is 12.6. The first-order valence-electron chi connectivity index (χ1n) is 7.42. The fourth-order valence-corrected chi connectivity index (χ4v) is 2.65. The fraction of sp³-hybridized carbons (Fsp3) is 0.333. The van der Waals surface area contributed by atoms with Crippen molar-refractivity contribution in [3.63, 3.8) is 0 Å². The molecule has 1 N–H and O–H groups in total. The van der Waals surface area contributed by atoms with Gasteiger partial charge in [0.1, 0.15) is 0 Å². The lowest BCUT2D eigenvalue weighted by molar-refractivity contribution is -0.137. The maximum Gasteiger partial charge on any atom is 0.416 e. The van der Waals surface area contributed by atoms with Crippen molar-refractivity contribution < 1.29 is 13.2 Å². The molecule has 0 radical (unpaired) electrons. The van der Waals surface area contributed by atoms with Gasteiger partial charge in [-0.1, -0.05) is 42.5 Å². The van der Waals surface area contributed by atoms with Crippen LogP contribution < -0.4 is 5.32 Å². The van der Waals surface area contributed by atoms with Gasteiger partial charge in [-0.2, -0.15) is 13.2 Å². The summed E-state index contributed by atoms with van der Waals surface area (Å²) in [5.41, 5.74) is 1.64. The molecular formula is C18H18F3N. The zero-order chi connectivity index (χ0) is 15.6. The average molecular weight is 305 g/mol. The van der Waals surface area contributed by atoms with Crippen LogP contribution in [0.2, 0.25) is 0 Å². The molecule has 2 aromatic carbocycles. The van der Waals surface area contributed by atoms with E-state index in [1.165, 1.54) is 17.7 Å². The Balaban J connectivity index is 1.60. The summed E-state index contributed by atoms with van der Waals surface area (Å²) in [6, 6.07) is 15.7. The predicted molar refractivity (Wildman–Crippen MR) is 80.4 cm³/mol. The molecule has 0 bridgehead atoms. The quantitative estimate of drug-likeness (QED) is 0.853.